The minimum absolute atomic E-state index is 0.349. The Hall–Kier alpha value is -1.24. The molecule has 2 atom stereocenters. The Balaban J connectivity index is 2.03. The maximum absolute atomic E-state index is 8.79. The van der Waals surface area contributed by atoms with Crippen LogP contribution in [0.1, 0.15) is 18.9 Å². The SMILES string of the molecule is C[C@@H](Nc1ccc(C#N)c(Cl)c1)[C@@H]1CCOC1. The molecule has 0 spiro atoms. The topological polar surface area (TPSA) is 45.0 Å². The molecule has 1 saturated heterocycles. The Bertz CT molecular complexity index is 436. The van der Waals surface area contributed by atoms with Crippen LogP contribution in [-0.2, 0) is 4.74 Å². The average Bonchev–Trinajstić information content (AvgIpc) is 2.82. The fraction of sp³-hybridized carbons (Fsp3) is 0.462. The highest BCUT2D eigenvalue weighted by atomic mass is 35.5. The first-order valence-corrected chi connectivity index (χ1v) is 6.12. The van der Waals surface area contributed by atoms with E-state index in [4.69, 9.17) is 21.6 Å². The lowest BCUT2D eigenvalue weighted by Crippen LogP contribution is -2.26. The summed E-state index contributed by atoms with van der Waals surface area (Å²) in [4.78, 5) is 0. The number of halogens is 1. The maximum Gasteiger partial charge on any atom is 0.101 e. The van der Waals surface area contributed by atoms with E-state index in [2.05, 4.69) is 18.3 Å². The fourth-order valence-corrected chi connectivity index (χ4v) is 2.25. The Labute approximate surface area is 106 Å². The molecule has 1 N–H and O–H groups in total. The van der Waals surface area contributed by atoms with Crippen LogP contribution >= 0.6 is 11.6 Å². The van der Waals surface area contributed by atoms with Gasteiger partial charge in [0.15, 0.2) is 0 Å². The molecule has 1 fully saturated rings. The van der Waals surface area contributed by atoms with E-state index in [0.29, 0.717) is 22.5 Å². The zero-order valence-electron chi connectivity index (χ0n) is 9.74. The molecule has 2 rings (SSSR count). The quantitative estimate of drug-likeness (QED) is 0.897. The van der Waals surface area contributed by atoms with E-state index in [9.17, 15) is 0 Å². The van der Waals surface area contributed by atoms with E-state index >= 15 is 0 Å². The van der Waals surface area contributed by atoms with Gasteiger partial charge in [0.25, 0.3) is 0 Å². The first kappa shape index (κ1) is 12.2. The van der Waals surface area contributed by atoms with Gasteiger partial charge in [0.05, 0.1) is 17.2 Å². The highest BCUT2D eigenvalue weighted by molar-refractivity contribution is 6.32. The van der Waals surface area contributed by atoms with Gasteiger partial charge in [-0.15, -0.1) is 0 Å². The summed E-state index contributed by atoms with van der Waals surface area (Å²) >= 11 is 5.99. The van der Waals surface area contributed by atoms with Crippen molar-refractivity contribution in [2.75, 3.05) is 18.5 Å². The Morgan fingerprint density at radius 1 is 1.59 bits per heavy atom. The maximum atomic E-state index is 8.79. The van der Waals surface area contributed by atoms with Crippen molar-refractivity contribution < 1.29 is 4.74 Å². The van der Waals surface area contributed by atoms with Gasteiger partial charge < -0.3 is 10.1 Å². The number of hydrogen-bond donors (Lipinski definition) is 1. The zero-order valence-corrected chi connectivity index (χ0v) is 10.5. The van der Waals surface area contributed by atoms with E-state index in [1.54, 1.807) is 12.1 Å². The molecule has 0 aliphatic carbocycles. The van der Waals surface area contributed by atoms with Crippen LogP contribution in [0.3, 0.4) is 0 Å². The predicted molar refractivity (Wildman–Crippen MR) is 68.2 cm³/mol. The molecule has 1 aliphatic rings. The van der Waals surface area contributed by atoms with Crippen LogP contribution in [0.4, 0.5) is 5.69 Å². The summed E-state index contributed by atoms with van der Waals surface area (Å²) in [7, 11) is 0. The largest absolute Gasteiger partial charge is 0.382 e. The Kier molecular flexibility index (Phi) is 3.88. The summed E-state index contributed by atoms with van der Waals surface area (Å²) in [6, 6.07) is 7.82. The summed E-state index contributed by atoms with van der Waals surface area (Å²) in [5.74, 6) is 0.546. The molecule has 0 aromatic heterocycles. The molecular weight excluding hydrogens is 236 g/mol. The Morgan fingerprint density at radius 2 is 2.41 bits per heavy atom. The van der Waals surface area contributed by atoms with Crippen molar-refractivity contribution in [3.05, 3.63) is 28.8 Å². The van der Waals surface area contributed by atoms with Gasteiger partial charge in [-0.3, -0.25) is 0 Å². The van der Waals surface area contributed by atoms with Crippen molar-refractivity contribution in [1.82, 2.24) is 0 Å². The number of rotatable bonds is 3. The second kappa shape index (κ2) is 5.39. The van der Waals surface area contributed by atoms with Crippen LogP contribution in [0.5, 0.6) is 0 Å². The average molecular weight is 251 g/mol. The molecule has 3 nitrogen and oxygen atoms in total. The van der Waals surface area contributed by atoms with Gasteiger partial charge in [-0.25, -0.2) is 0 Å². The van der Waals surface area contributed by atoms with Crippen LogP contribution in [0.25, 0.3) is 0 Å². The first-order chi connectivity index (χ1) is 8.20. The molecule has 0 unspecified atom stereocenters. The molecule has 0 amide bonds. The lowest BCUT2D eigenvalue weighted by molar-refractivity contribution is 0.183. The van der Waals surface area contributed by atoms with Crippen LogP contribution in [0, 0.1) is 17.2 Å². The van der Waals surface area contributed by atoms with E-state index in [1.807, 2.05) is 6.07 Å². The highest BCUT2D eigenvalue weighted by Crippen LogP contribution is 2.24. The van der Waals surface area contributed by atoms with E-state index < -0.39 is 0 Å². The van der Waals surface area contributed by atoms with Gasteiger partial charge in [-0.1, -0.05) is 11.6 Å². The van der Waals surface area contributed by atoms with E-state index in [-0.39, 0.29) is 0 Å². The fourth-order valence-electron chi connectivity index (χ4n) is 2.02. The van der Waals surface area contributed by atoms with Crippen molar-refractivity contribution in [2.24, 2.45) is 5.92 Å². The predicted octanol–water partition coefficient (Wildman–Crippen LogP) is 3.05. The molecule has 1 heterocycles. The third-order valence-electron chi connectivity index (χ3n) is 3.16. The summed E-state index contributed by atoms with van der Waals surface area (Å²) in [6.07, 6.45) is 1.10. The molecule has 0 saturated carbocycles. The van der Waals surface area contributed by atoms with Gasteiger partial charge in [-0.05, 0) is 31.5 Å². The first-order valence-electron chi connectivity index (χ1n) is 5.74. The summed E-state index contributed by atoms with van der Waals surface area (Å²) in [6.45, 7) is 3.81. The normalized spacial score (nSPS) is 20.9. The molecule has 1 aromatic carbocycles. The summed E-state index contributed by atoms with van der Waals surface area (Å²) in [5.41, 5.74) is 1.46. The van der Waals surface area contributed by atoms with Crippen molar-refractivity contribution in [2.45, 2.75) is 19.4 Å². The molecule has 0 bridgehead atoms. The molecule has 90 valence electrons. The van der Waals surface area contributed by atoms with Crippen LogP contribution in [0.2, 0.25) is 5.02 Å². The minimum Gasteiger partial charge on any atom is -0.382 e. The van der Waals surface area contributed by atoms with Crippen molar-refractivity contribution in [3.8, 4) is 6.07 Å². The minimum atomic E-state index is 0.349. The molecule has 1 aliphatic heterocycles. The van der Waals surface area contributed by atoms with Crippen molar-refractivity contribution >= 4 is 17.3 Å². The van der Waals surface area contributed by atoms with Crippen LogP contribution in [0.15, 0.2) is 18.2 Å². The second-order valence-electron chi connectivity index (χ2n) is 4.36. The van der Waals surface area contributed by atoms with Crippen LogP contribution < -0.4 is 5.32 Å². The smallest absolute Gasteiger partial charge is 0.101 e. The van der Waals surface area contributed by atoms with Gasteiger partial charge >= 0.3 is 0 Å². The number of hydrogen-bond acceptors (Lipinski definition) is 3. The van der Waals surface area contributed by atoms with Crippen LogP contribution in [-0.4, -0.2) is 19.3 Å². The second-order valence-corrected chi connectivity index (χ2v) is 4.77. The standard InChI is InChI=1S/C13H15ClN2O/c1-9(11-4-5-17-8-11)16-12-3-2-10(7-15)13(14)6-12/h2-3,6,9,11,16H,4-5,8H2,1H3/t9-,11-/m1/s1. The number of nitrogens with one attached hydrogen (secondary N) is 1. The Morgan fingerprint density at radius 3 is 3.00 bits per heavy atom. The van der Waals surface area contributed by atoms with Gasteiger partial charge in [-0.2, -0.15) is 5.26 Å². The van der Waals surface area contributed by atoms with Crippen molar-refractivity contribution in [1.29, 1.82) is 5.26 Å². The lowest BCUT2D eigenvalue weighted by atomic mass is 10.0. The lowest BCUT2D eigenvalue weighted by Gasteiger charge is -2.20. The number of anilines is 1. The van der Waals surface area contributed by atoms with Gasteiger partial charge in [0, 0.05) is 24.3 Å². The summed E-state index contributed by atoms with van der Waals surface area (Å²) in [5, 5.41) is 12.7. The monoisotopic (exact) mass is 250 g/mol. The van der Waals surface area contributed by atoms with Crippen molar-refractivity contribution in [3.63, 3.8) is 0 Å². The van der Waals surface area contributed by atoms with E-state index in [1.165, 1.54) is 0 Å². The summed E-state index contributed by atoms with van der Waals surface area (Å²) < 4.78 is 5.37. The van der Waals surface area contributed by atoms with E-state index in [0.717, 1.165) is 25.3 Å². The third kappa shape index (κ3) is 2.91. The molecule has 4 heteroatoms. The number of nitrogens with zero attached hydrogens (tertiary/aromatic N) is 1. The van der Waals surface area contributed by atoms with Gasteiger partial charge in [0.1, 0.15) is 6.07 Å². The van der Waals surface area contributed by atoms with Gasteiger partial charge in [0.2, 0.25) is 0 Å². The third-order valence-corrected chi connectivity index (χ3v) is 3.47. The number of benzene rings is 1. The molecular formula is C13H15ClN2O. The molecule has 17 heavy (non-hydrogen) atoms. The number of ether oxygens (including phenoxy) is 1. The molecule has 1 aromatic rings. The highest BCUT2D eigenvalue weighted by Gasteiger charge is 2.22. The number of nitriles is 1. The zero-order chi connectivity index (χ0) is 12.3. The molecule has 0 radical (unpaired) electrons.